The van der Waals surface area contributed by atoms with Crippen LogP contribution in [-0.2, 0) is 17.8 Å². The maximum absolute atomic E-state index is 12.4. The van der Waals surface area contributed by atoms with E-state index in [4.69, 9.17) is 4.74 Å². The van der Waals surface area contributed by atoms with Gasteiger partial charge in [-0.2, -0.15) is 31.4 Å². The van der Waals surface area contributed by atoms with Gasteiger partial charge < -0.3 is 15.0 Å². The van der Waals surface area contributed by atoms with E-state index in [1.54, 1.807) is 0 Å². The number of halogens is 6. The predicted molar refractivity (Wildman–Crippen MR) is 72.5 cm³/mol. The number of amides is 2. The molecule has 1 N–H and O–H groups in total. The molecule has 2 rings (SSSR count). The van der Waals surface area contributed by atoms with Gasteiger partial charge in [0, 0.05) is 31.4 Å². The highest BCUT2D eigenvalue weighted by Gasteiger charge is 2.35. The van der Waals surface area contributed by atoms with E-state index in [1.165, 1.54) is 11.1 Å². The average Bonchev–Trinajstić information content (AvgIpc) is 2.88. The SMILES string of the molecule is O=C(NCc1cnn(CC(F)(F)F)c1)N1CCOC(CC(F)(F)F)C1. The van der Waals surface area contributed by atoms with Gasteiger partial charge in [-0.1, -0.05) is 0 Å². The Balaban J connectivity index is 1.81. The van der Waals surface area contributed by atoms with E-state index in [-0.39, 0.29) is 26.2 Å². The first-order valence-corrected chi connectivity index (χ1v) is 7.31. The van der Waals surface area contributed by atoms with E-state index in [0.29, 0.717) is 10.2 Å². The first-order chi connectivity index (χ1) is 11.5. The molecule has 6 nitrogen and oxygen atoms in total. The van der Waals surface area contributed by atoms with Crippen molar-refractivity contribution in [2.24, 2.45) is 0 Å². The maximum Gasteiger partial charge on any atom is 0.408 e. The molecule has 12 heteroatoms. The van der Waals surface area contributed by atoms with E-state index in [9.17, 15) is 31.1 Å². The van der Waals surface area contributed by atoms with Crippen LogP contribution in [0.5, 0.6) is 0 Å². The van der Waals surface area contributed by atoms with E-state index in [1.807, 2.05) is 0 Å². The lowest BCUT2D eigenvalue weighted by Gasteiger charge is -2.33. The minimum atomic E-state index is -4.41. The Kier molecular flexibility index (Phi) is 5.80. The summed E-state index contributed by atoms with van der Waals surface area (Å²) in [5.41, 5.74) is 0.345. The van der Waals surface area contributed by atoms with Crippen LogP contribution in [0.2, 0.25) is 0 Å². The molecule has 1 saturated heterocycles. The van der Waals surface area contributed by atoms with Crippen LogP contribution in [0.3, 0.4) is 0 Å². The number of urea groups is 1. The highest BCUT2D eigenvalue weighted by atomic mass is 19.4. The number of carbonyl (C=O) groups is 1. The Morgan fingerprint density at radius 2 is 2.00 bits per heavy atom. The van der Waals surface area contributed by atoms with Crippen LogP contribution in [0.4, 0.5) is 31.1 Å². The molecule has 0 bridgehead atoms. The molecule has 1 aliphatic heterocycles. The van der Waals surface area contributed by atoms with Crippen LogP contribution in [0.25, 0.3) is 0 Å². The number of hydrogen-bond acceptors (Lipinski definition) is 3. The van der Waals surface area contributed by atoms with Gasteiger partial charge in [-0.15, -0.1) is 0 Å². The number of nitrogens with one attached hydrogen (secondary N) is 1. The molecule has 1 aliphatic rings. The smallest absolute Gasteiger partial charge is 0.374 e. The molecule has 1 aromatic rings. The Bertz CT molecular complexity index is 586. The summed E-state index contributed by atoms with van der Waals surface area (Å²) >= 11 is 0. The largest absolute Gasteiger partial charge is 0.408 e. The number of ether oxygens (including phenoxy) is 1. The monoisotopic (exact) mass is 374 g/mol. The minimum Gasteiger partial charge on any atom is -0.374 e. The third-order valence-corrected chi connectivity index (χ3v) is 3.36. The van der Waals surface area contributed by atoms with Crippen molar-refractivity contribution >= 4 is 6.03 Å². The van der Waals surface area contributed by atoms with Crippen LogP contribution in [-0.4, -0.2) is 58.9 Å². The quantitative estimate of drug-likeness (QED) is 0.823. The number of nitrogens with zero attached hydrogens (tertiary/aromatic N) is 3. The van der Waals surface area contributed by atoms with Gasteiger partial charge in [0.1, 0.15) is 6.54 Å². The molecule has 0 aromatic carbocycles. The third kappa shape index (κ3) is 6.80. The maximum atomic E-state index is 12.4. The summed E-state index contributed by atoms with van der Waals surface area (Å²) in [5.74, 6) is 0. The summed E-state index contributed by atoms with van der Waals surface area (Å²) in [6.45, 7) is -1.43. The second-order valence-electron chi connectivity index (χ2n) is 5.58. The molecule has 2 heterocycles. The minimum absolute atomic E-state index is 0.0162. The van der Waals surface area contributed by atoms with Crippen molar-refractivity contribution in [1.29, 1.82) is 0 Å². The van der Waals surface area contributed by atoms with Crippen LogP contribution < -0.4 is 5.32 Å². The fraction of sp³-hybridized carbons (Fsp3) is 0.692. The zero-order valence-electron chi connectivity index (χ0n) is 12.9. The standard InChI is InChI=1S/C13H16F6N4O2/c14-12(15,16)3-10-7-22(1-2-25-10)11(24)20-4-9-5-21-23(6-9)8-13(17,18)19/h5-6,10H,1-4,7-8H2,(H,20,24). The van der Waals surface area contributed by atoms with Gasteiger partial charge in [0.25, 0.3) is 0 Å². The zero-order valence-corrected chi connectivity index (χ0v) is 12.9. The fourth-order valence-corrected chi connectivity index (χ4v) is 2.34. The molecule has 142 valence electrons. The van der Waals surface area contributed by atoms with E-state index in [0.717, 1.165) is 6.20 Å². The first-order valence-electron chi connectivity index (χ1n) is 7.31. The topological polar surface area (TPSA) is 59.4 Å². The number of aromatic nitrogens is 2. The number of alkyl halides is 6. The van der Waals surface area contributed by atoms with Crippen molar-refractivity contribution in [2.45, 2.75) is 38.0 Å². The van der Waals surface area contributed by atoms with Crippen LogP contribution in [0.15, 0.2) is 12.4 Å². The third-order valence-electron chi connectivity index (χ3n) is 3.36. The number of hydrogen-bond donors (Lipinski definition) is 1. The van der Waals surface area contributed by atoms with Crippen LogP contribution >= 0.6 is 0 Å². The second kappa shape index (κ2) is 7.50. The molecule has 0 saturated carbocycles. The predicted octanol–water partition coefficient (Wildman–Crippen LogP) is 2.31. The molecule has 0 aliphatic carbocycles. The van der Waals surface area contributed by atoms with Gasteiger partial charge >= 0.3 is 18.4 Å². The molecular formula is C13H16F6N4O2. The molecule has 0 spiro atoms. The highest BCUT2D eigenvalue weighted by molar-refractivity contribution is 5.74. The zero-order chi connectivity index (χ0) is 18.7. The number of carbonyl (C=O) groups excluding carboxylic acids is 1. The van der Waals surface area contributed by atoms with E-state index in [2.05, 4.69) is 10.4 Å². The van der Waals surface area contributed by atoms with Gasteiger partial charge in [-0.25, -0.2) is 4.79 Å². The summed E-state index contributed by atoms with van der Waals surface area (Å²) < 4.78 is 79.5. The van der Waals surface area contributed by atoms with Gasteiger partial charge in [-0.05, 0) is 0 Å². The van der Waals surface area contributed by atoms with Gasteiger partial charge in [0.15, 0.2) is 0 Å². The summed E-state index contributed by atoms with van der Waals surface area (Å²) in [6, 6.07) is -0.612. The molecule has 25 heavy (non-hydrogen) atoms. The van der Waals surface area contributed by atoms with E-state index >= 15 is 0 Å². The molecule has 1 atom stereocenters. The van der Waals surface area contributed by atoms with Gasteiger partial charge in [0.05, 0.1) is 25.3 Å². The van der Waals surface area contributed by atoms with Crippen molar-refractivity contribution in [2.75, 3.05) is 19.7 Å². The van der Waals surface area contributed by atoms with Crippen molar-refractivity contribution < 1.29 is 35.9 Å². The average molecular weight is 374 g/mol. The molecule has 1 fully saturated rings. The molecule has 1 aromatic heterocycles. The Morgan fingerprint density at radius 1 is 1.28 bits per heavy atom. The lowest BCUT2D eigenvalue weighted by molar-refractivity contribution is -0.168. The normalized spacial score (nSPS) is 19.1. The first kappa shape index (κ1) is 19.3. The van der Waals surface area contributed by atoms with Crippen LogP contribution in [0, 0.1) is 0 Å². The lowest BCUT2D eigenvalue weighted by Crippen LogP contribution is -2.50. The summed E-state index contributed by atoms with van der Waals surface area (Å²) in [5, 5.41) is 5.97. The molecular weight excluding hydrogens is 358 g/mol. The number of morpholine rings is 1. The molecule has 0 radical (unpaired) electrons. The summed E-state index contributed by atoms with van der Waals surface area (Å²) in [7, 11) is 0. The fourth-order valence-electron chi connectivity index (χ4n) is 2.34. The Morgan fingerprint density at radius 3 is 2.64 bits per heavy atom. The van der Waals surface area contributed by atoms with Crippen molar-refractivity contribution in [3.8, 4) is 0 Å². The lowest BCUT2D eigenvalue weighted by atomic mass is 10.2. The second-order valence-corrected chi connectivity index (χ2v) is 5.58. The van der Waals surface area contributed by atoms with Gasteiger partial charge in [0.2, 0.25) is 0 Å². The van der Waals surface area contributed by atoms with Gasteiger partial charge in [-0.3, -0.25) is 4.68 Å². The van der Waals surface area contributed by atoms with E-state index < -0.39 is 37.5 Å². The summed E-state index contributed by atoms with van der Waals surface area (Å²) in [6.07, 6.45) is -8.77. The van der Waals surface area contributed by atoms with Crippen molar-refractivity contribution in [3.05, 3.63) is 18.0 Å². The molecule has 1 unspecified atom stereocenters. The highest BCUT2D eigenvalue weighted by Crippen LogP contribution is 2.24. The van der Waals surface area contributed by atoms with Crippen molar-refractivity contribution in [3.63, 3.8) is 0 Å². The Hall–Kier alpha value is -1.98. The number of rotatable bonds is 4. The van der Waals surface area contributed by atoms with Crippen LogP contribution in [0.1, 0.15) is 12.0 Å². The molecule has 2 amide bonds. The summed E-state index contributed by atoms with van der Waals surface area (Å²) in [4.78, 5) is 13.2. The van der Waals surface area contributed by atoms with Crippen molar-refractivity contribution in [1.82, 2.24) is 20.0 Å². The Labute approximate surface area is 138 Å².